The van der Waals surface area contributed by atoms with E-state index in [9.17, 15) is 9.18 Å². The fourth-order valence-electron chi connectivity index (χ4n) is 2.88. The summed E-state index contributed by atoms with van der Waals surface area (Å²) in [6, 6.07) is 14.9. The van der Waals surface area contributed by atoms with Crippen LogP contribution in [0.5, 0.6) is 0 Å². The van der Waals surface area contributed by atoms with Crippen molar-refractivity contribution in [2.45, 2.75) is 20.4 Å². The van der Waals surface area contributed by atoms with Gasteiger partial charge >= 0.3 is 0 Å². The highest BCUT2D eigenvalue weighted by Crippen LogP contribution is 2.22. The summed E-state index contributed by atoms with van der Waals surface area (Å²) in [6.07, 6.45) is 0. The van der Waals surface area contributed by atoms with E-state index in [0.717, 1.165) is 22.5 Å². The third-order valence-corrected chi connectivity index (χ3v) is 4.55. The highest BCUT2D eigenvalue weighted by molar-refractivity contribution is 5.97. The molecule has 140 valence electrons. The number of benzene rings is 2. The van der Waals surface area contributed by atoms with Crippen LogP contribution in [0.4, 0.5) is 4.39 Å². The fraction of sp³-hybridized carbons (Fsp3) is 0.136. The Balaban J connectivity index is 1.46. The number of fused-ring (bicyclic) bond motifs is 1. The molecule has 1 amide bonds. The van der Waals surface area contributed by atoms with Gasteiger partial charge in [0.2, 0.25) is 0 Å². The van der Waals surface area contributed by atoms with Crippen molar-refractivity contribution in [3.05, 3.63) is 83.1 Å². The first-order chi connectivity index (χ1) is 13.5. The molecular formula is C22H18FN3O2. The van der Waals surface area contributed by atoms with Gasteiger partial charge in [-0.05, 0) is 68.4 Å². The number of hydrogen-bond acceptors (Lipinski definition) is 4. The first-order valence-corrected chi connectivity index (χ1v) is 8.87. The summed E-state index contributed by atoms with van der Waals surface area (Å²) in [5.41, 5.74) is 4.45. The molecule has 0 unspecified atom stereocenters. The maximum atomic E-state index is 13.0. The lowest BCUT2D eigenvalue weighted by atomic mass is 10.1. The van der Waals surface area contributed by atoms with E-state index >= 15 is 0 Å². The highest BCUT2D eigenvalue weighted by atomic mass is 19.1. The van der Waals surface area contributed by atoms with E-state index in [1.807, 2.05) is 13.8 Å². The van der Waals surface area contributed by atoms with Gasteiger partial charge in [-0.15, -0.1) is 0 Å². The lowest BCUT2D eigenvalue weighted by Gasteiger charge is -2.06. The first-order valence-electron chi connectivity index (χ1n) is 8.87. The maximum Gasteiger partial charge on any atom is 0.251 e. The van der Waals surface area contributed by atoms with Crippen LogP contribution in [0.2, 0.25) is 0 Å². The summed E-state index contributed by atoms with van der Waals surface area (Å²) in [5, 5.41) is 2.84. The number of nitrogens with one attached hydrogen (secondary N) is 1. The molecule has 1 N–H and O–H groups in total. The topological polar surface area (TPSA) is 68.0 Å². The van der Waals surface area contributed by atoms with E-state index in [1.165, 1.54) is 12.1 Å². The minimum absolute atomic E-state index is 0.221. The molecule has 0 saturated heterocycles. The Labute approximate surface area is 161 Å². The quantitative estimate of drug-likeness (QED) is 0.567. The number of halogens is 1. The minimum atomic E-state index is -0.298. The predicted molar refractivity (Wildman–Crippen MR) is 104 cm³/mol. The second-order valence-electron chi connectivity index (χ2n) is 6.55. The Bertz CT molecular complexity index is 1170. The van der Waals surface area contributed by atoms with Crippen molar-refractivity contribution in [2.24, 2.45) is 0 Å². The van der Waals surface area contributed by atoms with Crippen LogP contribution < -0.4 is 5.32 Å². The van der Waals surface area contributed by atoms with E-state index in [0.29, 0.717) is 22.6 Å². The molecule has 6 heteroatoms. The van der Waals surface area contributed by atoms with Crippen molar-refractivity contribution >= 4 is 16.9 Å². The normalized spacial score (nSPS) is 11.0. The van der Waals surface area contributed by atoms with Crippen molar-refractivity contribution in [1.29, 1.82) is 0 Å². The van der Waals surface area contributed by atoms with Crippen LogP contribution in [0.25, 0.3) is 22.4 Å². The third-order valence-electron chi connectivity index (χ3n) is 4.55. The lowest BCUT2D eigenvalue weighted by Crippen LogP contribution is -2.22. The highest BCUT2D eigenvalue weighted by Gasteiger charge is 2.11. The van der Waals surface area contributed by atoms with Crippen LogP contribution in [-0.4, -0.2) is 15.9 Å². The molecule has 0 aliphatic heterocycles. The lowest BCUT2D eigenvalue weighted by molar-refractivity contribution is 0.0948. The number of carbonyl (C=O) groups excluding carboxylic acids is 1. The van der Waals surface area contributed by atoms with Crippen LogP contribution in [0.15, 0.2) is 59.0 Å². The number of rotatable bonds is 4. The van der Waals surface area contributed by atoms with Gasteiger partial charge in [0, 0.05) is 11.1 Å². The number of aromatic nitrogens is 2. The summed E-state index contributed by atoms with van der Waals surface area (Å²) >= 11 is 0. The zero-order chi connectivity index (χ0) is 19.7. The number of carbonyl (C=O) groups is 1. The summed E-state index contributed by atoms with van der Waals surface area (Å²) in [6.45, 7) is 4.05. The van der Waals surface area contributed by atoms with Crippen molar-refractivity contribution < 1.29 is 13.6 Å². The molecule has 0 saturated carbocycles. The van der Waals surface area contributed by atoms with Gasteiger partial charge in [0.1, 0.15) is 17.3 Å². The summed E-state index contributed by atoms with van der Waals surface area (Å²) in [4.78, 5) is 21.5. The molecular weight excluding hydrogens is 357 g/mol. The number of nitrogens with zero attached hydrogens (tertiary/aromatic N) is 2. The number of amides is 1. The average molecular weight is 375 g/mol. The van der Waals surface area contributed by atoms with E-state index < -0.39 is 0 Å². The Morgan fingerprint density at radius 2 is 1.68 bits per heavy atom. The minimum Gasteiger partial charge on any atom is -0.459 e. The van der Waals surface area contributed by atoms with Gasteiger partial charge in [0.05, 0.1) is 29.0 Å². The second-order valence-corrected chi connectivity index (χ2v) is 6.55. The van der Waals surface area contributed by atoms with E-state index in [4.69, 9.17) is 4.42 Å². The van der Waals surface area contributed by atoms with Gasteiger partial charge in [-0.1, -0.05) is 0 Å². The summed E-state index contributed by atoms with van der Waals surface area (Å²) < 4.78 is 18.8. The zero-order valence-corrected chi connectivity index (χ0v) is 15.5. The van der Waals surface area contributed by atoms with Gasteiger partial charge in [-0.3, -0.25) is 4.79 Å². The predicted octanol–water partition coefficient (Wildman–Crippen LogP) is 4.58. The zero-order valence-electron chi connectivity index (χ0n) is 15.5. The number of furan rings is 1. The molecule has 0 aliphatic carbocycles. The molecule has 28 heavy (non-hydrogen) atoms. The smallest absolute Gasteiger partial charge is 0.251 e. The fourth-order valence-corrected chi connectivity index (χ4v) is 2.88. The largest absolute Gasteiger partial charge is 0.459 e. The SMILES string of the molecule is Cc1nc2ccc(C(=O)NCc3ccc(-c4ccc(F)cc4)o3)cc2nc1C. The second kappa shape index (κ2) is 7.23. The first kappa shape index (κ1) is 17.9. The Hall–Kier alpha value is -3.54. The van der Waals surface area contributed by atoms with Crippen LogP contribution >= 0.6 is 0 Å². The number of aryl methyl sites for hydroxylation is 2. The summed E-state index contributed by atoms with van der Waals surface area (Å²) in [5.74, 6) is 0.714. The van der Waals surface area contributed by atoms with Crippen LogP contribution in [0.3, 0.4) is 0 Å². The molecule has 0 spiro atoms. The monoisotopic (exact) mass is 375 g/mol. The molecule has 2 heterocycles. The van der Waals surface area contributed by atoms with Gasteiger partial charge in [0.15, 0.2) is 0 Å². The van der Waals surface area contributed by atoms with Crippen molar-refractivity contribution in [1.82, 2.24) is 15.3 Å². The summed E-state index contributed by atoms with van der Waals surface area (Å²) in [7, 11) is 0. The molecule has 4 aromatic rings. The van der Waals surface area contributed by atoms with E-state index in [-0.39, 0.29) is 18.3 Å². The van der Waals surface area contributed by atoms with Gasteiger partial charge < -0.3 is 9.73 Å². The van der Waals surface area contributed by atoms with Crippen LogP contribution in [0, 0.1) is 19.7 Å². The van der Waals surface area contributed by atoms with Gasteiger partial charge in [-0.25, -0.2) is 14.4 Å². The van der Waals surface area contributed by atoms with Gasteiger partial charge in [0.25, 0.3) is 5.91 Å². The van der Waals surface area contributed by atoms with Crippen LogP contribution in [-0.2, 0) is 6.54 Å². The molecule has 0 aliphatic rings. The molecule has 2 aromatic carbocycles. The van der Waals surface area contributed by atoms with Crippen LogP contribution in [0.1, 0.15) is 27.5 Å². The third kappa shape index (κ3) is 3.62. The van der Waals surface area contributed by atoms with Gasteiger partial charge in [-0.2, -0.15) is 0 Å². The Morgan fingerprint density at radius 1 is 0.964 bits per heavy atom. The van der Waals surface area contributed by atoms with E-state index in [2.05, 4.69) is 15.3 Å². The Kier molecular flexibility index (Phi) is 4.61. The molecule has 0 fully saturated rings. The molecule has 0 radical (unpaired) electrons. The molecule has 0 bridgehead atoms. The maximum absolute atomic E-state index is 13.0. The van der Waals surface area contributed by atoms with Crippen molar-refractivity contribution in [3.8, 4) is 11.3 Å². The van der Waals surface area contributed by atoms with E-state index in [1.54, 1.807) is 42.5 Å². The standard InChI is InChI=1S/C22H18FN3O2/c1-13-14(2)26-20-11-16(5-9-19(20)25-13)22(27)24-12-18-8-10-21(28-18)15-3-6-17(23)7-4-15/h3-11H,12H2,1-2H3,(H,24,27). The molecule has 5 nitrogen and oxygen atoms in total. The molecule has 0 atom stereocenters. The van der Waals surface area contributed by atoms with Crippen molar-refractivity contribution in [3.63, 3.8) is 0 Å². The average Bonchev–Trinajstić information content (AvgIpc) is 3.16. The number of hydrogen-bond donors (Lipinski definition) is 1. The molecule has 4 rings (SSSR count). The Morgan fingerprint density at radius 3 is 2.43 bits per heavy atom. The molecule has 2 aromatic heterocycles. The van der Waals surface area contributed by atoms with Crippen molar-refractivity contribution in [2.75, 3.05) is 0 Å².